The molecule has 3 nitrogen and oxygen atoms in total. The van der Waals surface area contributed by atoms with Gasteiger partial charge in [0.15, 0.2) is 11.5 Å². The molecule has 1 atom stereocenters. The zero-order valence-electron chi connectivity index (χ0n) is 17.9. The van der Waals surface area contributed by atoms with Gasteiger partial charge < -0.3 is 9.47 Å². The van der Waals surface area contributed by atoms with E-state index in [4.69, 9.17) is 9.47 Å². The minimum atomic E-state index is -0.238. The maximum Gasteiger partial charge on any atom is 0.161 e. The fourth-order valence-electron chi connectivity index (χ4n) is 4.99. The molecule has 5 heteroatoms. The number of hydrogen-bond acceptors (Lipinski definition) is 3. The van der Waals surface area contributed by atoms with Crippen molar-refractivity contribution in [3.05, 3.63) is 95.6 Å². The van der Waals surface area contributed by atoms with E-state index in [0.717, 1.165) is 55.1 Å². The highest BCUT2D eigenvalue weighted by Gasteiger charge is 2.31. The first-order chi connectivity index (χ1) is 15.7. The number of hydrogen-bond donors (Lipinski definition) is 0. The molecule has 0 saturated carbocycles. The lowest BCUT2D eigenvalue weighted by atomic mass is 9.76. The highest BCUT2D eigenvalue weighted by molar-refractivity contribution is 5.40. The van der Waals surface area contributed by atoms with E-state index in [0.29, 0.717) is 12.5 Å². The molecular weight excluding hydrogens is 408 g/mol. The van der Waals surface area contributed by atoms with Gasteiger partial charge in [0.25, 0.3) is 0 Å². The van der Waals surface area contributed by atoms with Crippen molar-refractivity contribution < 1.29 is 18.3 Å². The summed E-state index contributed by atoms with van der Waals surface area (Å²) >= 11 is 0. The first-order valence-electron chi connectivity index (χ1n) is 11.3. The molecule has 2 aliphatic heterocycles. The molecule has 2 heterocycles. The normalized spacial score (nSPS) is 19.3. The average molecular weight is 436 g/mol. The van der Waals surface area contributed by atoms with Crippen LogP contribution in [0, 0.1) is 17.6 Å². The van der Waals surface area contributed by atoms with Crippen LogP contribution in [-0.2, 0) is 0 Å². The lowest BCUT2D eigenvalue weighted by Crippen LogP contribution is -2.44. The minimum absolute atomic E-state index is 0.0199. The summed E-state index contributed by atoms with van der Waals surface area (Å²) in [5.74, 6) is 1.68. The van der Waals surface area contributed by atoms with Gasteiger partial charge in [-0.25, -0.2) is 8.78 Å². The Kier molecular flexibility index (Phi) is 6.08. The number of likely N-dealkylation sites (tertiary alicyclic amines) is 1. The number of ether oxygens (including phenoxy) is 2. The zero-order valence-corrected chi connectivity index (χ0v) is 17.9. The van der Waals surface area contributed by atoms with Crippen LogP contribution in [0.4, 0.5) is 8.78 Å². The molecule has 2 aliphatic rings. The number of nitrogens with zero attached hydrogens (tertiary/aromatic N) is 1. The van der Waals surface area contributed by atoms with Crippen LogP contribution < -0.4 is 9.47 Å². The predicted molar refractivity (Wildman–Crippen MR) is 120 cm³/mol. The van der Waals surface area contributed by atoms with E-state index in [9.17, 15) is 8.78 Å². The monoisotopic (exact) mass is 435 g/mol. The maximum atomic E-state index is 13.5. The SMILES string of the molecule is Fc1ccc(C(c2ccc(F)cc2)C2CCN(CC3COc4ccccc4O3)CC2)cc1. The van der Waals surface area contributed by atoms with E-state index >= 15 is 0 Å². The number of rotatable bonds is 5. The maximum absolute atomic E-state index is 13.5. The first-order valence-corrected chi connectivity index (χ1v) is 11.3. The van der Waals surface area contributed by atoms with E-state index in [1.807, 2.05) is 48.5 Å². The van der Waals surface area contributed by atoms with Gasteiger partial charge in [-0.2, -0.15) is 0 Å². The Morgan fingerprint density at radius 3 is 1.94 bits per heavy atom. The fraction of sp³-hybridized carbons (Fsp3) is 0.333. The van der Waals surface area contributed by atoms with Crippen LogP contribution in [0.25, 0.3) is 0 Å². The minimum Gasteiger partial charge on any atom is -0.486 e. The van der Waals surface area contributed by atoms with Crippen LogP contribution in [0.1, 0.15) is 29.9 Å². The standard InChI is InChI=1S/C27H27F2NO2/c28-22-9-5-19(6-10-22)27(20-7-11-23(29)12-8-20)21-13-15-30(16-14-21)17-24-18-31-25-3-1-2-4-26(25)32-24/h1-12,21,24,27H,13-18H2. The number of benzene rings is 3. The first kappa shape index (κ1) is 21.0. The molecule has 0 radical (unpaired) electrons. The summed E-state index contributed by atoms with van der Waals surface area (Å²) in [5, 5.41) is 0. The van der Waals surface area contributed by atoms with Crippen LogP contribution in [-0.4, -0.2) is 37.2 Å². The van der Waals surface area contributed by atoms with Gasteiger partial charge in [0.2, 0.25) is 0 Å². The van der Waals surface area contributed by atoms with Crippen LogP contribution in [0.5, 0.6) is 11.5 Å². The molecule has 0 N–H and O–H groups in total. The van der Waals surface area contributed by atoms with Gasteiger partial charge >= 0.3 is 0 Å². The van der Waals surface area contributed by atoms with Crippen LogP contribution in [0.15, 0.2) is 72.8 Å². The summed E-state index contributed by atoms with van der Waals surface area (Å²) in [6.45, 7) is 3.32. The Balaban J connectivity index is 1.25. The molecule has 32 heavy (non-hydrogen) atoms. The summed E-state index contributed by atoms with van der Waals surface area (Å²) in [6, 6.07) is 21.3. The molecule has 3 aromatic rings. The van der Waals surface area contributed by atoms with E-state index in [2.05, 4.69) is 4.90 Å². The molecule has 0 spiro atoms. The lowest BCUT2D eigenvalue weighted by Gasteiger charge is -2.38. The Hall–Kier alpha value is -2.92. The van der Waals surface area contributed by atoms with Crippen LogP contribution in [0.2, 0.25) is 0 Å². The number of halogens is 2. The van der Waals surface area contributed by atoms with Gasteiger partial charge in [-0.3, -0.25) is 4.90 Å². The van der Waals surface area contributed by atoms with E-state index < -0.39 is 0 Å². The Morgan fingerprint density at radius 2 is 1.34 bits per heavy atom. The number of para-hydroxylation sites is 2. The van der Waals surface area contributed by atoms with Crippen molar-refractivity contribution in [2.75, 3.05) is 26.2 Å². The largest absolute Gasteiger partial charge is 0.486 e. The summed E-state index contributed by atoms with van der Waals surface area (Å²) in [5.41, 5.74) is 2.16. The lowest BCUT2D eigenvalue weighted by molar-refractivity contribution is 0.0467. The molecule has 5 rings (SSSR count). The third-order valence-corrected chi connectivity index (χ3v) is 6.59. The van der Waals surface area contributed by atoms with E-state index in [1.165, 1.54) is 24.3 Å². The van der Waals surface area contributed by atoms with Crippen molar-refractivity contribution in [2.45, 2.75) is 24.9 Å². The van der Waals surface area contributed by atoms with Crippen molar-refractivity contribution >= 4 is 0 Å². The molecule has 166 valence electrons. The molecule has 0 amide bonds. The van der Waals surface area contributed by atoms with Crippen LogP contribution >= 0.6 is 0 Å². The van der Waals surface area contributed by atoms with Gasteiger partial charge in [0.05, 0.1) is 0 Å². The van der Waals surface area contributed by atoms with Crippen molar-refractivity contribution in [1.82, 2.24) is 4.90 Å². The van der Waals surface area contributed by atoms with Crippen LogP contribution in [0.3, 0.4) is 0 Å². The zero-order chi connectivity index (χ0) is 21.9. The quantitative estimate of drug-likeness (QED) is 0.517. The summed E-state index contributed by atoms with van der Waals surface area (Å²) < 4.78 is 39.1. The summed E-state index contributed by atoms with van der Waals surface area (Å²) in [4.78, 5) is 2.44. The Morgan fingerprint density at radius 1 is 0.781 bits per heavy atom. The average Bonchev–Trinajstić information content (AvgIpc) is 2.83. The number of piperidine rings is 1. The second kappa shape index (κ2) is 9.29. The van der Waals surface area contributed by atoms with Crippen molar-refractivity contribution in [1.29, 1.82) is 0 Å². The molecule has 1 fully saturated rings. The second-order valence-electron chi connectivity index (χ2n) is 8.72. The van der Waals surface area contributed by atoms with Crippen molar-refractivity contribution in [3.63, 3.8) is 0 Å². The molecule has 1 unspecified atom stereocenters. The van der Waals surface area contributed by atoms with Gasteiger partial charge in [0, 0.05) is 12.5 Å². The fourth-order valence-corrected chi connectivity index (χ4v) is 4.99. The highest BCUT2D eigenvalue weighted by Crippen LogP contribution is 2.38. The van der Waals surface area contributed by atoms with E-state index in [1.54, 1.807) is 0 Å². The third-order valence-electron chi connectivity index (χ3n) is 6.59. The molecule has 0 aliphatic carbocycles. The third kappa shape index (κ3) is 4.63. The Labute approximate surface area is 187 Å². The highest BCUT2D eigenvalue weighted by atomic mass is 19.1. The van der Waals surface area contributed by atoms with Gasteiger partial charge in [-0.1, -0.05) is 36.4 Å². The molecule has 1 saturated heterocycles. The van der Waals surface area contributed by atoms with Crippen molar-refractivity contribution in [3.8, 4) is 11.5 Å². The topological polar surface area (TPSA) is 21.7 Å². The van der Waals surface area contributed by atoms with Crippen molar-refractivity contribution in [2.24, 2.45) is 5.92 Å². The van der Waals surface area contributed by atoms with Gasteiger partial charge in [-0.05, 0) is 79.4 Å². The smallest absolute Gasteiger partial charge is 0.161 e. The Bertz CT molecular complexity index is 985. The second-order valence-corrected chi connectivity index (χ2v) is 8.72. The van der Waals surface area contributed by atoms with Gasteiger partial charge in [-0.15, -0.1) is 0 Å². The van der Waals surface area contributed by atoms with Gasteiger partial charge in [0.1, 0.15) is 24.3 Å². The van der Waals surface area contributed by atoms with E-state index in [-0.39, 0.29) is 23.7 Å². The summed E-state index contributed by atoms with van der Waals surface area (Å²) in [7, 11) is 0. The molecular formula is C27H27F2NO2. The molecule has 3 aromatic carbocycles. The molecule has 0 aromatic heterocycles. The predicted octanol–water partition coefficient (Wildman–Crippen LogP) is 5.65. The number of fused-ring (bicyclic) bond motifs is 1. The summed E-state index contributed by atoms with van der Waals surface area (Å²) in [6.07, 6.45) is 2.05. The molecule has 0 bridgehead atoms.